The predicted molar refractivity (Wildman–Crippen MR) is 422 cm³/mol. The molecule has 0 fully saturated rings. The second kappa shape index (κ2) is 23.2. The van der Waals surface area contributed by atoms with Gasteiger partial charge in [-0.25, -0.2) is 0 Å². The second-order valence-electron chi connectivity index (χ2n) is 26.4. The summed E-state index contributed by atoms with van der Waals surface area (Å²) >= 11 is 0. The highest BCUT2D eigenvalue weighted by molar-refractivity contribution is 6.21. The van der Waals surface area contributed by atoms with Gasteiger partial charge in [-0.2, -0.15) is 0 Å². The number of fused-ring (bicyclic) bond motifs is 12. The third-order valence-electron chi connectivity index (χ3n) is 20.8. The number of benzene rings is 16. The van der Waals surface area contributed by atoms with Crippen molar-refractivity contribution < 1.29 is 0 Å². The zero-order valence-corrected chi connectivity index (χ0v) is 54.6. The van der Waals surface area contributed by atoms with Crippen LogP contribution in [-0.4, -0.2) is 18.3 Å². The van der Waals surface area contributed by atoms with Crippen molar-refractivity contribution in [2.24, 2.45) is 0 Å². The maximum Gasteiger partial charge on any atom is 0.0548 e. The van der Waals surface area contributed by atoms with E-state index in [0.29, 0.717) is 0 Å². The van der Waals surface area contributed by atoms with E-state index in [1.54, 1.807) is 0 Å². The maximum absolute atomic E-state index is 2.46. The fourth-order valence-electron chi connectivity index (χ4n) is 15.9. The molecule has 100 heavy (non-hydrogen) atoms. The highest BCUT2D eigenvalue weighted by Gasteiger charge is 2.22. The Morgan fingerprint density at radius 3 is 0.640 bits per heavy atom. The molecule has 4 heteroatoms. The molecule has 0 amide bonds. The topological polar surface area (TPSA) is 19.7 Å². The van der Waals surface area contributed by atoms with E-state index in [1.807, 2.05) is 0 Å². The molecule has 20 rings (SSSR count). The van der Waals surface area contributed by atoms with E-state index in [-0.39, 0.29) is 0 Å². The molecule has 0 saturated carbocycles. The molecule has 4 aromatic heterocycles. The number of hydrogen-bond acceptors (Lipinski definition) is 0. The number of nitrogens with zero attached hydrogens (tertiary/aromatic N) is 4. The molecule has 0 aliphatic rings. The van der Waals surface area contributed by atoms with Gasteiger partial charge in [0.25, 0.3) is 0 Å². The quantitative estimate of drug-likeness (QED) is 0.123. The first kappa shape index (κ1) is 57.0. The Morgan fingerprint density at radius 2 is 0.320 bits per heavy atom. The molecule has 0 aliphatic heterocycles. The minimum absolute atomic E-state index is 1.13. The molecule has 0 bridgehead atoms. The van der Waals surface area contributed by atoms with Crippen molar-refractivity contribution in [2.75, 3.05) is 0 Å². The number of aromatic nitrogens is 4. The van der Waals surface area contributed by atoms with E-state index in [1.165, 1.54) is 165 Å². The first-order valence-corrected chi connectivity index (χ1v) is 34.4. The lowest BCUT2D eigenvalue weighted by Gasteiger charge is -2.12. The van der Waals surface area contributed by atoms with Gasteiger partial charge in [0, 0.05) is 65.8 Å². The highest BCUT2D eigenvalue weighted by Crippen LogP contribution is 2.44. The van der Waals surface area contributed by atoms with Gasteiger partial charge >= 0.3 is 0 Å². The molecular weight excluding hydrogens is 1210 g/mol. The van der Waals surface area contributed by atoms with E-state index < -0.39 is 0 Å². The summed E-state index contributed by atoms with van der Waals surface area (Å²) in [6, 6.07) is 138. The summed E-state index contributed by atoms with van der Waals surface area (Å²) in [5.41, 5.74) is 30.7. The molecular formula is C96H62N4. The molecule has 0 aliphatic carbocycles. The van der Waals surface area contributed by atoms with E-state index in [9.17, 15) is 0 Å². The van der Waals surface area contributed by atoms with Crippen molar-refractivity contribution >= 4 is 87.2 Å². The van der Waals surface area contributed by atoms with Crippen LogP contribution < -0.4 is 0 Å². The van der Waals surface area contributed by atoms with Crippen LogP contribution in [-0.2, 0) is 0 Å². The summed E-state index contributed by atoms with van der Waals surface area (Å²) in [7, 11) is 0. The molecule has 0 N–H and O–H groups in total. The minimum Gasteiger partial charge on any atom is -0.309 e. The maximum atomic E-state index is 2.46. The van der Waals surface area contributed by atoms with Crippen LogP contribution in [0.1, 0.15) is 0 Å². The fraction of sp³-hybridized carbons (Fsp3) is 0. The third kappa shape index (κ3) is 9.45. The molecule has 0 radical (unpaired) electrons. The monoisotopic (exact) mass is 1270 g/mol. The van der Waals surface area contributed by atoms with Crippen molar-refractivity contribution in [3.63, 3.8) is 0 Å². The minimum atomic E-state index is 1.13. The normalized spacial score (nSPS) is 11.8. The van der Waals surface area contributed by atoms with Crippen LogP contribution >= 0.6 is 0 Å². The molecule has 466 valence electrons. The van der Waals surface area contributed by atoms with Gasteiger partial charge in [0.1, 0.15) is 0 Å². The van der Waals surface area contributed by atoms with Gasteiger partial charge in [0.2, 0.25) is 0 Å². The van der Waals surface area contributed by atoms with Crippen LogP contribution in [0.5, 0.6) is 0 Å². The molecule has 4 heterocycles. The van der Waals surface area contributed by atoms with Gasteiger partial charge in [-0.05, 0) is 181 Å². The standard InChI is InChI=1S/C96H62N4/c1-3-18-63(19-4-1)65-40-46-72(47-41-65)75-24-16-26-79(57-75)99-91-34-13-9-30-83(91)87-59-94-85(61-95(87)99)81-28-8-12-33-90(81)98(94)78-54-50-70(51-55-78)68-38-36-66(37-39-68)67-42-44-71(45-43-67)73-22-15-23-74(56-73)76-25-17-27-80(58-76)100-92-35-14-10-31-84(92)88-60-93-86(62-96(88)100)82-29-7-11-32-89(82)97(93)77-52-48-69(49-53-77)64-20-5-2-6-21-64/h1-62H. The lowest BCUT2D eigenvalue weighted by atomic mass is 9.96. The van der Waals surface area contributed by atoms with E-state index >= 15 is 0 Å². The summed E-state index contributed by atoms with van der Waals surface area (Å²) < 4.78 is 9.78. The Labute approximate surface area is 578 Å². The summed E-state index contributed by atoms with van der Waals surface area (Å²) in [5.74, 6) is 0. The van der Waals surface area contributed by atoms with Crippen LogP contribution in [0.25, 0.3) is 188 Å². The fourth-order valence-corrected chi connectivity index (χ4v) is 15.9. The van der Waals surface area contributed by atoms with Gasteiger partial charge in [0.15, 0.2) is 0 Å². The van der Waals surface area contributed by atoms with Crippen molar-refractivity contribution in [1.82, 2.24) is 18.3 Å². The summed E-state index contributed by atoms with van der Waals surface area (Å²) in [4.78, 5) is 0. The van der Waals surface area contributed by atoms with E-state index in [0.717, 1.165) is 22.7 Å². The Balaban J connectivity index is 0.572. The molecule has 4 nitrogen and oxygen atoms in total. The van der Waals surface area contributed by atoms with Crippen molar-refractivity contribution in [1.29, 1.82) is 0 Å². The summed E-state index contributed by atoms with van der Waals surface area (Å²) in [6.45, 7) is 0. The largest absolute Gasteiger partial charge is 0.309 e. The molecule has 0 unspecified atom stereocenters. The van der Waals surface area contributed by atoms with Crippen molar-refractivity contribution in [2.45, 2.75) is 0 Å². The van der Waals surface area contributed by atoms with Crippen LogP contribution in [0.2, 0.25) is 0 Å². The van der Waals surface area contributed by atoms with E-state index in [2.05, 4.69) is 394 Å². The Morgan fingerprint density at radius 1 is 0.110 bits per heavy atom. The Hall–Kier alpha value is -13.3. The average molecular weight is 1270 g/mol. The van der Waals surface area contributed by atoms with E-state index in [4.69, 9.17) is 0 Å². The van der Waals surface area contributed by atoms with Gasteiger partial charge in [0.05, 0.1) is 44.1 Å². The predicted octanol–water partition coefficient (Wildman–Crippen LogP) is 25.7. The van der Waals surface area contributed by atoms with Crippen LogP contribution in [0, 0.1) is 0 Å². The number of para-hydroxylation sites is 4. The third-order valence-corrected chi connectivity index (χ3v) is 20.8. The molecule has 16 aromatic carbocycles. The van der Waals surface area contributed by atoms with Crippen LogP contribution in [0.15, 0.2) is 376 Å². The average Bonchev–Trinajstić information content (AvgIpc) is 1.56. The molecule has 20 aromatic rings. The van der Waals surface area contributed by atoms with Crippen LogP contribution in [0.4, 0.5) is 0 Å². The summed E-state index contributed by atoms with van der Waals surface area (Å²) in [6.07, 6.45) is 0. The first-order chi connectivity index (χ1) is 49.6. The van der Waals surface area contributed by atoms with Crippen molar-refractivity contribution in [3.8, 4) is 101 Å². The lowest BCUT2D eigenvalue weighted by molar-refractivity contribution is 1.17. The summed E-state index contributed by atoms with van der Waals surface area (Å²) in [5, 5.41) is 9.84. The zero-order chi connectivity index (χ0) is 65.8. The SMILES string of the molecule is c1ccc(-c2ccc(-c3cccc(-n4c5ccccc5c5cc6c(cc54)c4ccccc4n6-c4ccc(-c5ccc(-c6ccc(-c7cccc(-c8cccc(-n9c%10ccccc%10c%10cc%11c(cc%109)c9ccccc9n%11-c9ccc(-c%10ccccc%10)cc9)c8)c7)cc6)cc5)cc4)c3)cc2)cc1. The molecule has 0 spiro atoms. The van der Waals surface area contributed by atoms with Gasteiger partial charge in [-0.1, -0.05) is 273 Å². The molecule has 0 saturated heterocycles. The smallest absolute Gasteiger partial charge is 0.0548 e. The molecule has 0 atom stereocenters. The van der Waals surface area contributed by atoms with Crippen LogP contribution in [0.3, 0.4) is 0 Å². The Kier molecular flexibility index (Phi) is 13.2. The van der Waals surface area contributed by atoms with Gasteiger partial charge in [-0.15, -0.1) is 0 Å². The second-order valence-corrected chi connectivity index (χ2v) is 26.4. The van der Waals surface area contributed by atoms with Gasteiger partial charge in [-0.3, -0.25) is 0 Å². The van der Waals surface area contributed by atoms with Gasteiger partial charge < -0.3 is 18.3 Å². The lowest BCUT2D eigenvalue weighted by Crippen LogP contribution is -1.95. The van der Waals surface area contributed by atoms with Crippen molar-refractivity contribution in [3.05, 3.63) is 376 Å². The zero-order valence-electron chi connectivity index (χ0n) is 54.6. The number of rotatable bonds is 11. The number of hydrogen-bond donors (Lipinski definition) is 0. The first-order valence-electron chi connectivity index (χ1n) is 34.4. The Bertz CT molecular complexity index is 6570. The highest BCUT2D eigenvalue weighted by atomic mass is 15.0.